The molecular weight excluding hydrogens is 574 g/mol. The molecule has 7 aromatic rings. The van der Waals surface area contributed by atoms with Crippen molar-refractivity contribution >= 4 is 67.4 Å². The highest BCUT2D eigenvalue weighted by Crippen LogP contribution is 2.35. The molecule has 1 aliphatic carbocycles. The molecule has 0 radical (unpaired) electrons. The van der Waals surface area contributed by atoms with E-state index in [0.717, 1.165) is 56.0 Å². The van der Waals surface area contributed by atoms with E-state index < -0.39 is 0 Å². The molecule has 0 fully saturated rings. The minimum Gasteiger partial charge on any atom is -0.456 e. The van der Waals surface area contributed by atoms with Crippen LogP contribution in [0.5, 0.6) is 0 Å². The fraction of sp³-hybridized carbons (Fsp3) is 0.0465. The van der Waals surface area contributed by atoms with Gasteiger partial charge in [0.2, 0.25) is 0 Å². The number of furan rings is 1. The smallest absolute Gasteiger partial charge is 0.161 e. The third-order valence-corrected chi connectivity index (χ3v) is 8.69. The van der Waals surface area contributed by atoms with Crippen molar-refractivity contribution in [3.8, 4) is 0 Å². The van der Waals surface area contributed by atoms with Gasteiger partial charge < -0.3 is 4.42 Å². The van der Waals surface area contributed by atoms with Gasteiger partial charge in [-0.25, -0.2) is 9.98 Å². The van der Waals surface area contributed by atoms with Gasteiger partial charge in [0.15, 0.2) is 11.7 Å². The van der Waals surface area contributed by atoms with Gasteiger partial charge >= 0.3 is 0 Å². The molecular formula is C43H31N3O. The molecule has 0 saturated heterocycles. The Kier molecular flexibility index (Phi) is 7.44. The molecule has 6 aromatic carbocycles. The first-order valence-corrected chi connectivity index (χ1v) is 15.8. The summed E-state index contributed by atoms with van der Waals surface area (Å²) < 4.78 is 6.34. The van der Waals surface area contributed by atoms with Crippen molar-refractivity contribution in [3.63, 3.8) is 0 Å². The van der Waals surface area contributed by atoms with Gasteiger partial charge in [0.05, 0.1) is 6.54 Å². The second kappa shape index (κ2) is 12.3. The number of hydrogen-bond acceptors (Lipinski definition) is 2. The SMILES string of the molecule is C=NC(=NC(=NCc1ccccc1)c1ccc2c(ccc3ccccc32)c1)c1cccc2oc3ccc(C4=CCC=CC=C4)cc3c12. The zero-order valence-electron chi connectivity index (χ0n) is 25.8. The molecule has 0 bridgehead atoms. The average molecular weight is 606 g/mol. The Hall–Kier alpha value is -6.13. The van der Waals surface area contributed by atoms with E-state index in [2.05, 4.69) is 121 Å². The van der Waals surface area contributed by atoms with Gasteiger partial charge in [-0.2, -0.15) is 0 Å². The summed E-state index contributed by atoms with van der Waals surface area (Å²) in [5, 5.41) is 6.73. The zero-order chi connectivity index (χ0) is 31.6. The quantitative estimate of drug-likeness (QED) is 0.109. The molecule has 1 aromatic heterocycles. The Bertz CT molecular complexity index is 2470. The molecule has 0 amide bonds. The van der Waals surface area contributed by atoms with Gasteiger partial charge in [0.1, 0.15) is 11.2 Å². The topological polar surface area (TPSA) is 50.2 Å². The maximum Gasteiger partial charge on any atom is 0.161 e. The predicted molar refractivity (Wildman–Crippen MR) is 199 cm³/mol. The Morgan fingerprint density at radius 1 is 0.681 bits per heavy atom. The molecule has 0 saturated carbocycles. The predicted octanol–water partition coefficient (Wildman–Crippen LogP) is 10.9. The van der Waals surface area contributed by atoms with Crippen LogP contribution in [0.4, 0.5) is 0 Å². The first-order valence-electron chi connectivity index (χ1n) is 15.8. The third kappa shape index (κ3) is 5.51. The summed E-state index contributed by atoms with van der Waals surface area (Å²) in [6, 6.07) is 41.8. The largest absolute Gasteiger partial charge is 0.456 e. The van der Waals surface area contributed by atoms with Crippen LogP contribution in [0.25, 0.3) is 49.1 Å². The molecule has 0 atom stereocenters. The van der Waals surface area contributed by atoms with Crippen molar-refractivity contribution in [2.24, 2.45) is 15.0 Å². The number of aliphatic imine (C=N–C) groups is 3. The Morgan fingerprint density at radius 2 is 1.53 bits per heavy atom. The number of nitrogens with zero attached hydrogens (tertiary/aromatic N) is 3. The molecule has 0 N–H and O–H groups in total. The summed E-state index contributed by atoms with van der Waals surface area (Å²) >= 11 is 0. The fourth-order valence-corrected chi connectivity index (χ4v) is 6.36. The molecule has 8 rings (SSSR count). The lowest BCUT2D eigenvalue weighted by Gasteiger charge is -2.09. The summed E-state index contributed by atoms with van der Waals surface area (Å²) in [4.78, 5) is 14.7. The van der Waals surface area contributed by atoms with Crippen LogP contribution in [0.15, 0.2) is 171 Å². The van der Waals surface area contributed by atoms with Crippen LogP contribution >= 0.6 is 0 Å². The number of rotatable bonds is 5. The van der Waals surface area contributed by atoms with E-state index in [9.17, 15) is 0 Å². The molecule has 0 unspecified atom stereocenters. The summed E-state index contributed by atoms with van der Waals surface area (Å²) in [6.07, 6.45) is 11.6. The molecule has 0 spiro atoms. The maximum absolute atomic E-state index is 6.34. The van der Waals surface area contributed by atoms with E-state index in [4.69, 9.17) is 14.4 Å². The average Bonchev–Trinajstić information content (AvgIpc) is 3.28. The van der Waals surface area contributed by atoms with Crippen LogP contribution in [0.3, 0.4) is 0 Å². The van der Waals surface area contributed by atoms with E-state index in [-0.39, 0.29) is 0 Å². The first-order chi connectivity index (χ1) is 23.2. The van der Waals surface area contributed by atoms with E-state index in [1.807, 2.05) is 42.5 Å². The molecule has 4 nitrogen and oxygen atoms in total. The molecule has 1 heterocycles. The van der Waals surface area contributed by atoms with Gasteiger partial charge in [-0.05, 0) is 75.6 Å². The highest BCUT2D eigenvalue weighted by Gasteiger charge is 2.17. The Balaban J connectivity index is 1.28. The number of fused-ring (bicyclic) bond motifs is 6. The van der Waals surface area contributed by atoms with E-state index in [0.29, 0.717) is 18.2 Å². The second-order valence-corrected chi connectivity index (χ2v) is 11.6. The van der Waals surface area contributed by atoms with Crippen LogP contribution in [-0.2, 0) is 6.54 Å². The summed E-state index contributed by atoms with van der Waals surface area (Å²) in [5.41, 5.74) is 6.77. The third-order valence-electron chi connectivity index (χ3n) is 8.69. The minimum atomic E-state index is 0.486. The van der Waals surface area contributed by atoms with Gasteiger partial charge in [-0.15, -0.1) is 0 Å². The highest BCUT2D eigenvalue weighted by atomic mass is 16.3. The Morgan fingerprint density at radius 3 is 2.45 bits per heavy atom. The highest BCUT2D eigenvalue weighted by molar-refractivity contribution is 6.22. The lowest BCUT2D eigenvalue weighted by atomic mass is 9.99. The van der Waals surface area contributed by atoms with Crippen molar-refractivity contribution in [2.45, 2.75) is 13.0 Å². The number of benzene rings is 6. The van der Waals surface area contributed by atoms with Crippen molar-refractivity contribution in [1.29, 1.82) is 0 Å². The molecule has 47 heavy (non-hydrogen) atoms. The normalized spacial score (nSPS) is 13.8. The maximum atomic E-state index is 6.34. The van der Waals surface area contributed by atoms with Crippen LogP contribution in [-0.4, -0.2) is 18.4 Å². The first kappa shape index (κ1) is 28.4. The van der Waals surface area contributed by atoms with Gasteiger partial charge in [0, 0.05) is 21.9 Å². The zero-order valence-corrected chi connectivity index (χ0v) is 25.8. The molecule has 224 valence electrons. The Labute approximate surface area is 273 Å². The molecule has 0 aliphatic heterocycles. The molecule has 4 heteroatoms. The van der Waals surface area contributed by atoms with Crippen LogP contribution in [0, 0.1) is 0 Å². The standard InChI is InChI=1S/C43H31N3O/c1-44-43(37-18-11-19-40-41(37)38-27-32(23-25-39(38)47-40)30-14-7-2-3-8-15-30)46-42(45-28-29-12-5-4-6-13-29)34-22-24-36-33(26-34)21-20-31-16-9-10-17-35(31)36/h2-7,9-27H,1,8,28H2. The second-order valence-electron chi connectivity index (χ2n) is 11.6. The number of amidine groups is 2. The monoisotopic (exact) mass is 605 g/mol. The van der Waals surface area contributed by atoms with Crippen molar-refractivity contribution in [1.82, 2.24) is 0 Å². The van der Waals surface area contributed by atoms with Gasteiger partial charge in [0.25, 0.3) is 0 Å². The lowest BCUT2D eigenvalue weighted by molar-refractivity contribution is 0.669. The number of allylic oxidation sites excluding steroid dienone is 6. The van der Waals surface area contributed by atoms with Crippen molar-refractivity contribution < 1.29 is 4.42 Å². The van der Waals surface area contributed by atoms with Crippen LogP contribution < -0.4 is 0 Å². The summed E-state index contributed by atoms with van der Waals surface area (Å²) in [5.74, 6) is 1.09. The van der Waals surface area contributed by atoms with Crippen molar-refractivity contribution in [2.75, 3.05) is 0 Å². The van der Waals surface area contributed by atoms with Gasteiger partial charge in [-0.1, -0.05) is 127 Å². The van der Waals surface area contributed by atoms with Crippen LogP contribution in [0.1, 0.15) is 28.7 Å². The fourth-order valence-electron chi connectivity index (χ4n) is 6.36. The minimum absolute atomic E-state index is 0.486. The van der Waals surface area contributed by atoms with E-state index in [1.54, 1.807) is 0 Å². The van der Waals surface area contributed by atoms with Gasteiger partial charge in [-0.3, -0.25) is 4.99 Å². The van der Waals surface area contributed by atoms with E-state index in [1.165, 1.54) is 21.7 Å². The lowest BCUT2D eigenvalue weighted by Crippen LogP contribution is -2.06. The van der Waals surface area contributed by atoms with Crippen molar-refractivity contribution in [3.05, 3.63) is 174 Å². The molecule has 1 aliphatic rings. The summed E-state index contributed by atoms with van der Waals surface area (Å²) in [6.45, 7) is 4.45. The van der Waals surface area contributed by atoms with E-state index >= 15 is 0 Å². The van der Waals surface area contributed by atoms with Crippen LogP contribution in [0.2, 0.25) is 0 Å². The number of hydrogen-bond donors (Lipinski definition) is 0. The summed E-state index contributed by atoms with van der Waals surface area (Å²) in [7, 11) is 0.